The van der Waals surface area contributed by atoms with Crippen LogP contribution in [-0.4, -0.2) is 59.9 Å². The first-order chi connectivity index (χ1) is 13.5. The van der Waals surface area contributed by atoms with E-state index in [1.165, 1.54) is 6.20 Å². The number of alkyl halides is 1. The lowest BCUT2D eigenvalue weighted by Crippen LogP contribution is -2.37. The molecule has 1 amide bonds. The number of nitrogens with one attached hydrogen (secondary N) is 2. The van der Waals surface area contributed by atoms with Crippen molar-refractivity contribution in [2.75, 3.05) is 39.4 Å². The highest BCUT2D eigenvalue weighted by Crippen LogP contribution is 2.20. The zero-order valence-corrected chi connectivity index (χ0v) is 21.4. The Balaban J connectivity index is 0.00000300. The molecule has 2 aromatic rings. The number of hydrogen-bond donors (Lipinski definition) is 2. The third-order valence-electron chi connectivity index (χ3n) is 4.39. The van der Waals surface area contributed by atoms with E-state index in [2.05, 4.69) is 53.5 Å². The van der Waals surface area contributed by atoms with Gasteiger partial charge < -0.3 is 10.6 Å². The fraction of sp³-hybridized carbons (Fsp3) is 0.389. The Morgan fingerprint density at radius 3 is 2.68 bits per heavy atom. The normalized spacial score (nSPS) is 16.7. The SMILES string of the molecule is CC[N+]1(CCF)C=C(CNCCNC(=O)c2cnc3cc(I)ccc3n2)N=N1.Cl.Cl.Cl. The van der Waals surface area contributed by atoms with Crippen LogP contribution in [0, 0.1) is 3.57 Å². The highest BCUT2D eigenvalue weighted by atomic mass is 127. The summed E-state index contributed by atoms with van der Waals surface area (Å²) in [6.45, 7) is 3.99. The second kappa shape index (κ2) is 14.1. The van der Waals surface area contributed by atoms with Gasteiger partial charge in [-0.3, -0.25) is 9.78 Å². The number of hydrogen-bond acceptors (Lipinski definition) is 6. The number of halogens is 5. The minimum atomic E-state index is -0.438. The van der Waals surface area contributed by atoms with Gasteiger partial charge in [0, 0.05) is 28.4 Å². The Hall–Kier alpha value is -1.18. The van der Waals surface area contributed by atoms with E-state index in [-0.39, 0.29) is 53.4 Å². The van der Waals surface area contributed by atoms with Gasteiger partial charge in [0.2, 0.25) is 0 Å². The molecule has 1 unspecified atom stereocenters. The van der Waals surface area contributed by atoms with Crippen LogP contribution in [0.1, 0.15) is 17.4 Å². The summed E-state index contributed by atoms with van der Waals surface area (Å²) >= 11 is 2.21. The van der Waals surface area contributed by atoms with Gasteiger partial charge in [-0.25, -0.2) is 9.37 Å². The van der Waals surface area contributed by atoms with Gasteiger partial charge in [-0.1, -0.05) is 5.11 Å². The lowest BCUT2D eigenvalue weighted by molar-refractivity contribution is -0.885. The van der Waals surface area contributed by atoms with Crippen molar-refractivity contribution in [1.82, 2.24) is 20.6 Å². The van der Waals surface area contributed by atoms with Crippen molar-refractivity contribution >= 4 is 76.8 Å². The molecule has 172 valence electrons. The Labute approximate surface area is 212 Å². The number of quaternary nitrogens is 1. The molecule has 13 heteroatoms. The topological polar surface area (TPSA) is 91.6 Å². The molecule has 2 N–H and O–H groups in total. The summed E-state index contributed by atoms with van der Waals surface area (Å²) in [5.74, 6) is -0.265. The Kier molecular flexibility index (Phi) is 13.5. The smallest absolute Gasteiger partial charge is 0.271 e. The molecule has 1 aliphatic rings. The number of carbonyl (C=O) groups is 1. The van der Waals surface area contributed by atoms with Gasteiger partial charge in [0.25, 0.3) is 5.91 Å². The van der Waals surface area contributed by atoms with Crippen LogP contribution in [0.15, 0.2) is 46.6 Å². The number of carbonyl (C=O) groups excluding carboxylic acids is 1. The summed E-state index contributed by atoms with van der Waals surface area (Å²) in [7, 11) is 0. The number of fused-ring (bicyclic) bond motifs is 1. The van der Waals surface area contributed by atoms with Crippen LogP contribution in [-0.2, 0) is 0 Å². The largest absolute Gasteiger partial charge is 0.349 e. The quantitative estimate of drug-likeness (QED) is 0.258. The van der Waals surface area contributed by atoms with Crippen molar-refractivity contribution in [3.8, 4) is 0 Å². The van der Waals surface area contributed by atoms with E-state index in [9.17, 15) is 9.18 Å². The van der Waals surface area contributed by atoms with Crippen molar-refractivity contribution in [2.45, 2.75) is 6.92 Å². The first-order valence-electron chi connectivity index (χ1n) is 9.04. The van der Waals surface area contributed by atoms with Crippen LogP contribution in [0.5, 0.6) is 0 Å². The second-order valence-electron chi connectivity index (χ2n) is 6.35. The molecule has 0 aliphatic carbocycles. The molecule has 0 spiro atoms. The molecule has 1 aliphatic heterocycles. The zero-order valence-electron chi connectivity index (χ0n) is 16.8. The monoisotopic (exact) mass is 606 g/mol. The molecule has 1 aromatic heterocycles. The van der Waals surface area contributed by atoms with Crippen molar-refractivity contribution in [2.24, 2.45) is 10.3 Å². The average Bonchev–Trinajstić information content (AvgIpc) is 3.11. The maximum atomic E-state index is 12.7. The van der Waals surface area contributed by atoms with E-state index in [0.717, 1.165) is 14.8 Å². The summed E-state index contributed by atoms with van der Waals surface area (Å²) in [5, 5.41) is 14.3. The molecule has 31 heavy (non-hydrogen) atoms. The Morgan fingerprint density at radius 2 is 1.97 bits per heavy atom. The van der Waals surface area contributed by atoms with Gasteiger partial charge in [-0.15, -0.1) is 41.8 Å². The standard InChI is InChI=1S/C18H21FIN7O.3ClH/c1-2-27(8-5-19)12-14(25-26-27)10-21-6-7-22-18(28)17-11-23-16-9-13(20)3-4-15(16)24-17;;;/h3-4,9,11-12,21H,2,5-8,10H2,1H3;3*1H/p+1. The summed E-state index contributed by atoms with van der Waals surface area (Å²) in [5.41, 5.74) is 2.52. The van der Waals surface area contributed by atoms with E-state index in [1.807, 2.05) is 31.3 Å². The van der Waals surface area contributed by atoms with E-state index in [1.54, 1.807) is 0 Å². The van der Waals surface area contributed by atoms with E-state index in [4.69, 9.17) is 0 Å². The fourth-order valence-corrected chi connectivity index (χ4v) is 3.26. The number of benzene rings is 1. The predicted molar refractivity (Wildman–Crippen MR) is 134 cm³/mol. The van der Waals surface area contributed by atoms with Gasteiger partial charge >= 0.3 is 0 Å². The predicted octanol–water partition coefficient (Wildman–Crippen LogP) is 3.85. The molecule has 1 aromatic carbocycles. The van der Waals surface area contributed by atoms with Crippen molar-refractivity contribution < 1.29 is 13.8 Å². The number of aromatic nitrogens is 2. The third kappa shape index (κ3) is 8.03. The van der Waals surface area contributed by atoms with E-state index in [0.29, 0.717) is 38.2 Å². The van der Waals surface area contributed by atoms with Crippen LogP contribution in [0.4, 0.5) is 4.39 Å². The van der Waals surface area contributed by atoms with Gasteiger partial charge in [0.1, 0.15) is 37.4 Å². The third-order valence-corrected chi connectivity index (χ3v) is 5.06. The van der Waals surface area contributed by atoms with Crippen LogP contribution in [0.3, 0.4) is 0 Å². The van der Waals surface area contributed by atoms with Gasteiger partial charge in [0.05, 0.1) is 17.2 Å². The summed E-state index contributed by atoms with van der Waals surface area (Å²) in [6.07, 6.45) is 3.36. The van der Waals surface area contributed by atoms with Gasteiger partial charge in [-0.05, 0) is 47.7 Å². The van der Waals surface area contributed by atoms with Crippen LogP contribution in [0.2, 0.25) is 0 Å². The maximum Gasteiger partial charge on any atom is 0.271 e. The lowest BCUT2D eigenvalue weighted by atomic mass is 10.3. The van der Waals surface area contributed by atoms with E-state index < -0.39 is 6.67 Å². The van der Waals surface area contributed by atoms with Gasteiger partial charge in [-0.2, -0.15) is 0 Å². The summed E-state index contributed by atoms with van der Waals surface area (Å²) < 4.78 is 13.9. The molecule has 0 saturated heterocycles. The summed E-state index contributed by atoms with van der Waals surface area (Å²) in [6, 6.07) is 5.70. The number of nitrogens with zero attached hydrogens (tertiary/aromatic N) is 5. The Bertz CT molecular complexity index is 934. The first-order valence-corrected chi connectivity index (χ1v) is 10.1. The van der Waals surface area contributed by atoms with Gasteiger partial charge in [0.15, 0.2) is 0 Å². The molecule has 0 fully saturated rings. The highest BCUT2D eigenvalue weighted by Gasteiger charge is 2.29. The number of amides is 1. The fourth-order valence-electron chi connectivity index (χ4n) is 2.79. The minimum Gasteiger partial charge on any atom is -0.349 e. The van der Waals surface area contributed by atoms with Crippen molar-refractivity contribution in [3.63, 3.8) is 0 Å². The minimum absolute atomic E-state index is 0. The van der Waals surface area contributed by atoms with Crippen LogP contribution >= 0.6 is 59.8 Å². The molecule has 0 saturated carbocycles. The van der Waals surface area contributed by atoms with Crippen molar-refractivity contribution in [1.29, 1.82) is 0 Å². The lowest BCUT2D eigenvalue weighted by Gasteiger charge is -2.20. The molecular weight excluding hydrogens is 583 g/mol. The zero-order chi connectivity index (χ0) is 20.0. The first kappa shape index (κ1) is 29.8. The van der Waals surface area contributed by atoms with Crippen LogP contribution in [0.25, 0.3) is 11.0 Å². The average molecular weight is 608 g/mol. The molecule has 0 radical (unpaired) electrons. The molecule has 3 rings (SSSR count). The van der Waals surface area contributed by atoms with E-state index >= 15 is 0 Å². The molecule has 0 bridgehead atoms. The molecule has 8 nitrogen and oxygen atoms in total. The molecule has 1 atom stereocenters. The van der Waals surface area contributed by atoms with Crippen LogP contribution < -0.4 is 10.6 Å². The summed E-state index contributed by atoms with van der Waals surface area (Å²) in [4.78, 5) is 20.9. The second-order valence-corrected chi connectivity index (χ2v) is 7.59. The Morgan fingerprint density at radius 1 is 1.19 bits per heavy atom. The molecular formula is C18H25Cl3FIN7O+. The highest BCUT2D eigenvalue weighted by molar-refractivity contribution is 14.1. The molecule has 2 heterocycles. The maximum absolute atomic E-state index is 12.7. The van der Waals surface area contributed by atoms with Crippen molar-refractivity contribution in [3.05, 3.63) is 45.6 Å². The number of rotatable bonds is 9.